The lowest BCUT2D eigenvalue weighted by molar-refractivity contribution is -0.00126. The number of halogens is 1. The summed E-state index contributed by atoms with van der Waals surface area (Å²) in [5.41, 5.74) is 1.07. The Morgan fingerprint density at radius 1 is 1.28 bits per heavy atom. The van der Waals surface area contributed by atoms with Crippen molar-refractivity contribution in [3.8, 4) is 10.7 Å². The minimum absolute atomic E-state index is 0.0486. The summed E-state index contributed by atoms with van der Waals surface area (Å²) in [5.74, 6) is 0.244. The third-order valence-corrected chi connectivity index (χ3v) is 9.09. The highest BCUT2D eigenvalue weighted by atomic mass is 32.1. The van der Waals surface area contributed by atoms with Crippen LogP contribution in [0, 0.1) is 0 Å². The van der Waals surface area contributed by atoms with E-state index >= 15 is 4.39 Å². The standard InChI is InChI=1S/C25H29FN8O3S2/c1-33-13-19(30-32-33)25(35)27-12-20-29-24(31-37-20)23-21(38)15-3-2-4-18(22(15)39-23)28-17-6-5-14(11-16(17)26)34-7-9-36-10-8-34/h2-4,13-14,16-17,28,38H,5-12H2,1H3,(H,27,35)/t14?,16-,17+/m0/s1. The summed E-state index contributed by atoms with van der Waals surface area (Å²) in [7, 11) is 1.68. The van der Waals surface area contributed by atoms with Gasteiger partial charge in [0.1, 0.15) is 6.17 Å². The molecule has 2 N–H and O–H groups in total. The van der Waals surface area contributed by atoms with Gasteiger partial charge in [-0.2, -0.15) is 4.98 Å². The van der Waals surface area contributed by atoms with E-state index in [0.717, 1.165) is 64.7 Å². The smallest absolute Gasteiger partial charge is 0.273 e. The molecule has 206 valence electrons. The number of nitrogens with one attached hydrogen (secondary N) is 2. The van der Waals surface area contributed by atoms with E-state index in [1.54, 1.807) is 7.05 Å². The van der Waals surface area contributed by atoms with Gasteiger partial charge in [0.2, 0.25) is 11.7 Å². The van der Waals surface area contributed by atoms with Crippen LogP contribution in [0.1, 0.15) is 35.6 Å². The van der Waals surface area contributed by atoms with Gasteiger partial charge in [0.25, 0.3) is 5.91 Å². The lowest BCUT2D eigenvalue weighted by atomic mass is 9.88. The summed E-state index contributed by atoms with van der Waals surface area (Å²) in [4.78, 5) is 20.5. The van der Waals surface area contributed by atoms with Gasteiger partial charge in [-0.25, -0.2) is 4.39 Å². The van der Waals surface area contributed by atoms with E-state index in [1.807, 2.05) is 18.2 Å². The Bertz CT molecular complexity index is 1470. The Morgan fingerprint density at radius 2 is 2.13 bits per heavy atom. The van der Waals surface area contributed by atoms with Gasteiger partial charge in [0.05, 0.1) is 47.3 Å². The van der Waals surface area contributed by atoms with Crippen molar-refractivity contribution in [3.63, 3.8) is 0 Å². The van der Waals surface area contributed by atoms with Gasteiger partial charge < -0.3 is 19.9 Å². The minimum Gasteiger partial charge on any atom is -0.379 e. The zero-order valence-electron chi connectivity index (χ0n) is 21.3. The highest BCUT2D eigenvalue weighted by Gasteiger charge is 2.34. The van der Waals surface area contributed by atoms with Crippen LogP contribution >= 0.6 is 24.0 Å². The highest BCUT2D eigenvalue weighted by Crippen LogP contribution is 2.43. The van der Waals surface area contributed by atoms with Crippen LogP contribution in [0.5, 0.6) is 0 Å². The number of alkyl halides is 1. The third kappa shape index (κ3) is 5.51. The van der Waals surface area contributed by atoms with Crippen molar-refractivity contribution in [2.75, 3.05) is 31.6 Å². The lowest BCUT2D eigenvalue weighted by Crippen LogP contribution is -2.49. The summed E-state index contributed by atoms with van der Waals surface area (Å²) in [6.45, 7) is 3.26. The molecule has 14 heteroatoms. The van der Waals surface area contributed by atoms with Crippen molar-refractivity contribution in [2.45, 2.75) is 49.0 Å². The maximum absolute atomic E-state index is 15.3. The molecule has 1 aromatic carbocycles. The third-order valence-electron chi connectivity index (χ3n) is 7.24. The maximum atomic E-state index is 15.3. The summed E-state index contributed by atoms with van der Waals surface area (Å²) in [5, 5.41) is 18.8. The average molecular weight is 573 g/mol. The Hall–Kier alpha value is -3.07. The van der Waals surface area contributed by atoms with E-state index in [2.05, 4.69) is 36.0 Å². The fourth-order valence-electron chi connectivity index (χ4n) is 5.22. The summed E-state index contributed by atoms with van der Waals surface area (Å²) < 4.78 is 28.6. The first-order chi connectivity index (χ1) is 19.0. The van der Waals surface area contributed by atoms with Gasteiger partial charge >= 0.3 is 0 Å². The second-order valence-electron chi connectivity index (χ2n) is 9.82. The number of benzene rings is 1. The highest BCUT2D eigenvalue weighted by molar-refractivity contribution is 7.81. The topological polar surface area (TPSA) is 123 Å². The number of aromatic nitrogens is 5. The Morgan fingerprint density at radius 3 is 2.90 bits per heavy atom. The number of fused-ring (bicyclic) bond motifs is 1. The summed E-state index contributed by atoms with van der Waals surface area (Å²) in [6, 6.07) is 5.91. The van der Waals surface area contributed by atoms with Gasteiger partial charge in [0, 0.05) is 36.5 Å². The molecule has 1 aliphatic carbocycles. The van der Waals surface area contributed by atoms with E-state index in [4.69, 9.17) is 21.9 Å². The molecule has 4 heterocycles. The van der Waals surface area contributed by atoms with Crippen molar-refractivity contribution >= 4 is 45.6 Å². The van der Waals surface area contributed by atoms with Gasteiger partial charge in [-0.3, -0.25) is 14.4 Å². The number of aryl methyl sites for hydroxylation is 1. The molecular weight excluding hydrogens is 543 g/mol. The molecule has 6 rings (SSSR count). The van der Waals surface area contributed by atoms with E-state index < -0.39 is 6.17 Å². The Balaban J connectivity index is 1.14. The van der Waals surface area contributed by atoms with E-state index in [9.17, 15) is 4.79 Å². The molecule has 1 amide bonds. The predicted molar refractivity (Wildman–Crippen MR) is 147 cm³/mol. The van der Waals surface area contributed by atoms with Crippen LogP contribution in [0.15, 0.2) is 33.8 Å². The van der Waals surface area contributed by atoms with Gasteiger partial charge in [-0.1, -0.05) is 22.5 Å². The van der Waals surface area contributed by atoms with Crippen molar-refractivity contribution in [3.05, 3.63) is 36.0 Å². The number of thiol groups is 1. The van der Waals surface area contributed by atoms with Crippen molar-refractivity contribution in [1.82, 2.24) is 35.4 Å². The number of anilines is 1. The molecular formula is C25H29FN8O3S2. The quantitative estimate of drug-likeness (QED) is 0.286. The van der Waals surface area contributed by atoms with Crippen molar-refractivity contribution in [1.29, 1.82) is 0 Å². The molecule has 0 bridgehead atoms. The van der Waals surface area contributed by atoms with Gasteiger partial charge in [-0.05, 0) is 25.3 Å². The molecule has 11 nitrogen and oxygen atoms in total. The van der Waals surface area contributed by atoms with Crippen LogP contribution in [0.2, 0.25) is 0 Å². The molecule has 0 radical (unpaired) electrons. The number of carbonyl (C=O) groups excluding carboxylic acids is 1. The average Bonchev–Trinajstić information content (AvgIpc) is 3.68. The molecule has 1 aliphatic heterocycles. The van der Waals surface area contributed by atoms with Crippen LogP contribution in [-0.4, -0.2) is 80.5 Å². The number of nitrogens with zero attached hydrogens (tertiary/aromatic N) is 6. The zero-order chi connectivity index (χ0) is 26.9. The molecule has 3 aromatic heterocycles. The number of rotatable bonds is 7. The first kappa shape index (κ1) is 26.2. The van der Waals surface area contributed by atoms with Crippen molar-refractivity contribution in [2.24, 2.45) is 7.05 Å². The number of morpholine rings is 1. The number of carbonyl (C=O) groups is 1. The van der Waals surface area contributed by atoms with Crippen LogP contribution < -0.4 is 10.6 Å². The first-order valence-electron chi connectivity index (χ1n) is 12.9. The van der Waals surface area contributed by atoms with Crippen LogP contribution in [0.4, 0.5) is 10.1 Å². The maximum Gasteiger partial charge on any atom is 0.273 e. The molecule has 39 heavy (non-hydrogen) atoms. The number of amides is 1. The van der Waals surface area contributed by atoms with E-state index in [0.29, 0.717) is 12.2 Å². The predicted octanol–water partition coefficient (Wildman–Crippen LogP) is 3.30. The van der Waals surface area contributed by atoms with Crippen LogP contribution in [0.3, 0.4) is 0 Å². The number of hydrogen-bond donors (Lipinski definition) is 3. The zero-order valence-corrected chi connectivity index (χ0v) is 23.1. The lowest BCUT2D eigenvalue weighted by Gasteiger charge is -2.40. The molecule has 1 unspecified atom stereocenters. The number of thiophene rings is 1. The first-order valence-corrected chi connectivity index (χ1v) is 14.2. The SMILES string of the molecule is Cn1cc(C(=O)NCc2nc(-c3sc4c(N[C@@H]5CCC(N6CCOCC6)C[C@@H]5F)cccc4c3S)no2)nn1. The Kier molecular flexibility index (Phi) is 7.51. The summed E-state index contributed by atoms with van der Waals surface area (Å²) >= 11 is 6.23. The van der Waals surface area contributed by atoms with Crippen molar-refractivity contribution < 1.29 is 18.4 Å². The van der Waals surface area contributed by atoms with E-state index in [1.165, 1.54) is 22.2 Å². The second-order valence-corrected chi connectivity index (χ2v) is 11.3. The van der Waals surface area contributed by atoms with Crippen LogP contribution in [-0.2, 0) is 18.3 Å². The monoisotopic (exact) mass is 572 g/mol. The molecule has 1 saturated heterocycles. The Labute approximate surface area is 233 Å². The molecule has 3 atom stereocenters. The van der Waals surface area contributed by atoms with E-state index in [-0.39, 0.29) is 36.1 Å². The fourth-order valence-corrected chi connectivity index (χ4v) is 6.82. The van der Waals surface area contributed by atoms with Gasteiger partial charge in [0.15, 0.2) is 5.69 Å². The molecule has 4 aromatic rings. The van der Waals surface area contributed by atoms with Gasteiger partial charge in [-0.15, -0.1) is 29.1 Å². The molecule has 2 aliphatic rings. The molecule has 2 fully saturated rings. The fraction of sp³-hybridized carbons (Fsp3) is 0.480. The normalized spacial score (nSPS) is 22.3. The second kappa shape index (κ2) is 11.2. The van der Waals surface area contributed by atoms with Crippen LogP contribution in [0.25, 0.3) is 20.8 Å². The number of hydrogen-bond acceptors (Lipinski definition) is 11. The molecule has 0 spiro atoms. The largest absolute Gasteiger partial charge is 0.379 e. The number of ether oxygens (including phenoxy) is 1. The summed E-state index contributed by atoms with van der Waals surface area (Å²) in [6.07, 6.45) is 2.83. The molecule has 1 saturated carbocycles. The minimum atomic E-state index is -0.936.